The molecule has 1 aliphatic heterocycles. The fourth-order valence-corrected chi connectivity index (χ4v) is 6.63. The monoisotopic (exact) mass is 513 g/mol. The summed E-state index contributed by atoms with van der Waals surface area (Å²) in [6.45, 7) is 8.20. The molecule has 2 aliphatic rings. The highest BCUT2D eigenvalue weighted by atomic mass is 31.2. The second-order valence-electron chi connectivity index (χ2n) is 9.60. The van der Waals surface area contributed by atoms with Crippen LogP contribution in [0.4, 0.5) is 5.82 Å². The molecule has 0 radical (unpaired) electrons. The van der Waals surface area contributed by atoms with E-state index < -0.39 is 7.60 Å². The molecule has 0 atom stereocenters. The number of nitrogens with two attached hydrogens (primary N) is 1. The van der Waals surface area contributed by atoms with E-state index in [1.54, 1.807) is 20.2 Å². The summed E-state index contributed by atoms with van der Waals surface area (Å²) in [6, 6.07) is 8.28. The number of nitrogen functional groups attached to an aromatic ring is 1. The minimum atomic E-state index is -3.15. The highest BCUT2D eigenvalue weighted by molar-refractivity contribution is 7.53. The quantitative estimate of drug-likeness (QED) is 0.338. The third-order valence-electron chi connectivity index (χ3n) is 7.14. The highest BCUT2D eigenvalue weighted by Crippen LogP contribution is 2.48. The molecule has 3 heterocycles. The van der Waals surface area contributed by atoms with Gasteiger partial charge in [-0.2, -0.15) is 0 Å². The number of aromatic nitrogens is 3. The Balaban J connectivity index is 1.33. The molecule has 0 spiro atoms. The van der Waals surface area contributed by atoms with Crippen LogP contribution >= 0.6 is 7.60 Å². The predicted octanol–water partition coefficient (Wildman–Crippen LogP) is 4.98. The van der Waals surface area contributed by atoms with Gasteiger partial charge < -0.3 is 29.0 Å². The fraction of sp³-hybridized carbons (Fsp3) is 0.538. The van der Waals surface area contributed by atoms with E-state index in [1.165, 1.54) is 26.1 Å². The summed E-state index contributed by atoms with van der Waals surface area (Å²) in [5, 5.41) is 0.873. The first kappa shape index (κ1) is 25.2. The van der Waals surface area contributed by atoms with Gasteiger partial charge in [0.1, 0.15) is 23.5 Å². The van der Waals surface area contributed by atoms with Gasteiger partial charge in [-0.05, 0) is 69.8 Å². The number of anilines is 1. The van der Waals surface area contributed by atoms with Crippen molar-refractivity contribution in [1.29, 1.82) is 0 Å². The summed E-state index contributed by atoms with van der Waals surface area (Å²) < 4.78 is 31.7. The normalized spacial score (nSPS) is 20.3. The first-order valence-electron chi connectivity index (χ1n) is 12.9. The SMILES string of the molecule is CCOP(=O)(CCOc1cccc(-c2cn(C3CC(CN4CCC4)C3)c3ncnc(N)c23)c1)OCC. The molecule has 0 amide bonds. The molecule has 9 nitrogen and oxygen atoms in total. The van der Waals surface area contributed by atoms with Crippen molar-refractivity contribution in [3.8, 4) is 16.9 Å². The van der Waals surface area contributed by atoms with E-state index in [2.05, 4.69) is 25.6 Å². The van der Waals surface area contributed by atoms with E-state index >= 15 is 0 Å². The molecule has 0 bridgehead atoms. The van der Waals surface area contributed by atoms with Gasteiger partial charge >= 0.3 is 7.60 Å². The lowest BCUT2D eigenvalue weighted by Gasteiger charge is -2.42. The van der Waals surface area contributed by atoms with Crippen molar-refractivity contribution in [3.05, 3.63) is 36.8 Å². The topological polar surface area (TPSA) is 105 Å². The number of hydrogen-bond donors (Lipinski definition) is 1. The standard InChI is InChI=1S/C26H36N5O4P/c1-3-34-36(32,35-4-2)12-11-33-22-8-5-7-20(15-22)23-17-31(26-24(23)25(27)28-18-29-26)21-13-19(14-21)16-30-9-6-10-30/h5,7-8,15,17-19,21H,3-4,6,9-14,16H2,1-2H3,(H2,27,28,29). The van der Waals surface area contributed by atoms with Crippen LogP contribution in [0.3, 0.4) is 0 Å². The Morgan fingerprint density at radius 3 is 2.61 bits per heavy atom. The fourth-order valence-electron chi connectivity index (χ4n) is 5.20. The number of fused-ring (bicyclic) bond motifs is 1. The molecule has 36 heavy (non-hydrogen) atoms. The maximum absolute atomic E-state index is 12.7. The van der Waals surface area contributed by atoms with Crippen LogP contribution in [0.15, 0.2) is 36.8 Å². The summed E-state index contributed by atoms with van der Waals surface area (Å²) >= 11 is 0. The van der Waals surface area contributed by atoms with E-state index in [-0.39, 0.29) is 12.8 Å². The van der Waals surface area contributed by atoms with Gasteiger partial charge in [0.15, 0.2) is 0 Å². The second-order valence-corrected chi connectivity index (χ2v) is 11.8. The minimum absolute atomic E-state index is 0.194. The molecular formula is C26H36N5O4P. The Hall–Kier alpha value is -2.45. The number of rotatable bonds is 12. The number of benzene rings is 1. The van der Waals surface area contributed by atoms with Crippen molar-refractivity contribution in [2.75, 3.05) is 51.4 Å². The molecule has 1 aliphatic carbocycles. The molecule has 1 aromatic carbocycles. The van der Waals surface area contributed by atoms with Crippen LogP contribution in [-0.4, -0.2) is 65.1 Å². The largest absolute Gasteiger partial charge is 0.493 e. The zero-order valence-electron chi connectivity index (χ0n) is 21.1. The van der Waals surface area contributed by atoms with Crippen LogP contribution in [0.1, 0.15) is 39.2 Å². The molecule has 5 rings (SSSR count). The second kappa shape index (κ2) is 10.9. The van der Waals surface area contributed by atoms with Crippen molar-refractivity contribution < 1.29 is 18.3 Å². The van der Waals surface area contributed by atoms with Crippen LogP contribution in [0, 0.1) is 5.92 Å². The molecular weight excluding hydrogens is 477 g/mol. The molecule has 2 aromatic heterocycles. The van der Waals surface area contributed by atoms with Crippen LogP contribution < -0.4 is 10.5 Å². The highest BCUT2D eigenvalue weighted by Gasteiger charge is 2.34. The molecule has 10 heteroatoms. The van der Waals surface area contributed by atoms with Gasteiger partial charge in [-0.3, -0.25) is 4.57 Å². The average Bonchev–Trinajstić information content (AvgIpc) is 3.18. The molecule has 0 unspecified atom stereocenters. The van der Waals surface area contributed by atoms with Gasteiger partial charge in [-0.25, -0.2) is 9.97 Å². The molecule has 1 saturated heterocycles. The summed E-state index contributed by atoms with van der Waals surface area (Å²) in [6.07, 6.45) is 7.55. The maximum Gasteiger partial charge on any atom is 0.334 e. The lowest BCUT2D eigenvalue weighted by molar-refractivity contribution is 0.0921. The van der Waals surface area contributed by atoms with E-state index in [0.717, 1.165) is 40.9 Å². The van der Waals surface area contributed by atoms with E-state index in [1.807, 2.05) is 24.3 Å². The summed E-state index contributed by atoms with van der Waals surface area (Å²) in [7, 11) is -3.15. The summed E-state index contributed by atoms with van der Waals surface area (Å²) in [5.74, 6) is 1.91. The molecule has 2 N–H and O–H groups in total. The zero-order valence-corrected chi connectivity index (χ0v) is 22.0. The Morgan fingerprint density at radius 1 is 1.14 bits per heavy atom. The summed E-state index contributed by atoms with van der Waals surface area (Å²) in [4.78, 5) is 11.4. The third kappa shape index (κ3) is 5.30. The predicted molar refractivity (Wildman–Crippen MR) is 141 cm³/mol. The smallest absolute Gasteiger partial charge is 0.334 e. The van der Waals surface area contributed by atoms with Crippen LogP contribution in [0.25, 0.3) is 22.2 Å². The first-order valence-corrected chi connectivity index (χ1v) is 14.7. The molecule has 2 fully saturated rings. The van der Waals surface area contributed by atoms with Crippen LogP contribution in [0.2, 0.25) is 0 Å². The Morgan fingerprint density at radius 2 is 1.92 bits per heavy atom. The van der Waals surface area contributed by atoms with Crippen molar-refractivity contribution in [1.82, 2.24) is 19.4 Å². The summed E-state index contributed by atoms with van der Waals surface area (Å²) in [5.41, 5.74) is 9.20. The number of likely N-dealkylation sites (tertiary alicyclic amines) is 1. The Kier molecular flexibility index (Phi) is 7.62. The van der Waals surface area contributed by atoms with Gasteiger partial charge in [0.05, 0.1) is 31.4 Å². The van der Waals surface area contributed by atoms with Gasteiger partial charge in [0.25, 0.3) is 0 Å². The minimum Gasteiger partial charge on any atom is -0.493 e. The first-order chi connectivity index (χ1) is 17.5. The zero-order chi connectivity index (χ0) is 25.1. The molecule has 3 aromatic rings. The Labute approximate surface area is 212 Å². The van der Waals surface area contributed by atoms with Gasteiger partial charge in [-0.1, -0.05) is 12.1 Å². The van der Waals surface area contributed by atoms with Crippen molar-refractivity contribution in [2.45, 2.75) is 39.2 Å². The molecule has 194 valence electrons. The lowest BCUT2D eigenvalue weighted by Crippen LogP contribution is -2.43. The third-order valence-corrected chi connectivity index (χ3v) is 9.17. The van der Waals surface area contributed by atoms with E-state index in [9.17, 15) is 4.57 Å². The number of ether oxygens (including phenoxy) is 1. The van der Waals surface area contributed by atoms with Gasteiger partial charge in [-0.15, -0.1) is 0 Å². The van der Waals surface area contributed by atoms with Gasteiger partial charge in [0, 0.05) is 24.3 Å². The lowest BCUT2D eigenvalue weighted by atomic mass is 9.79. The van der Waals surface area contributed by atoms with Crippen molar-refractivity contribution in [3.63, 3.8) is 0 Å². The van der Waals surface area contributed by atoms with E-state index in [4.69, 9.17) is 19.5 Å². The average molecular weight is 514 g/mol. The number of nitrogens with zero attached hydrogens (tertiary/aromatic N) is 4. The van der Waals surface area contributed by atoms with Crippen molar-refractivity contribution in [2.24, 2.45) is 5.92 Å². The van der Waals surface area contributed by atoms with Crippen LogP contribution in [-0.2, 0) is 13.6 Å². The maximum atomic E-state index is 12.7. The van der Waals surface area contributed by atoms with Crippen LogP contribution in [0.5, 0.6) is 5.75 Å². The van der Waals surface area contributed by atoms with Gasteiger partial charge in [0.2, 0.25) is 0 Å². The van der Waals surface area contributed by atoms with E-state index in [0.29, 0.717) is 30.8 Å². The Bertz CT molecular complexity index is 1230. The molecule has 1 saturated carbocycles. The number of hydrogen-bond acceptors (Lipinski definition) is 8. The van der Waals surface area contributed by atoms with Crippen molar-refractivity contribution >= 4 is 24.4 Å².